The normalized spacial score (nSPS) is 10.6. The number of hydrogen-bond acceptors (Lipinski definition) is 6. The molecule has 0 spiro atoms. The molecule has 1 amide bonds. The molecule has 0 fully saturated rings. The smallest absolute Gasteiger partial charge is 0.341 e. The van der Waals surface area contributed by atoms with Gasteiger partial charge in [-0.2, -0.15) is 0 Å². The van der Waals surface area contributed by atoms with Crippen LogP contribution in [-0.4, -0.2) is 23.4 Å². The molecule has 0 unspecified atom stereocenters. The summed E-state index contributed by atoms with van der Waals surface area (Å²) in [4.78, 5) is 35.4. The van der Waals surface area contributed by atoms with Gasteiger partial charge in [0.25, 0.3) is 11.6 Å². The predicted octanol–water partition coefficient (Wildman–Crippen LogP) is 5.02. The minimum absolute atomic E-state index is 0.0985. The molecule has 8 heteroatoms. The van der Waals surface area contributed by atoms with Crippen molar-refractivity contribution in [3.63, 3.8) is 0 Å². The molecule has 2 aromatic carbocycles. The van der Waals surface area contributed by atoms with Crippen molar-refractivity contribution in [1.29, 1.82) is 0 Å². The van der Waals surface area contributed by atoms with Crippen molar-refractivity contribution in [1.82, 2.24) is 0 Å². The van der Waals surface area contributed by atoms with Gasteiger partial charge in [0.2, 0.25) is 0 Å². The molecule has 0 radical (unpaired) electrons. The van der Waals surface area contributed by atoms with E-state index in [-0.39, 0.29) is 11.3 Å². The minimum atomic E-state index is -0.530. The van der Waals surface area contributed by atoms with Gasteiger partial charge in [-0.25, -0.2) is 4.79 Å². The van der Waals surface area contributed by atoms with Crippen LogP contribution in [0.25, 0.3) is 10.1 Å². The van der Waals surface area contributed by atoms with Gasteiger partial charge in [-0.1, -0.05) is 31.5 Å². The Morgan fingerprint density at radius 2 is 1.86 bits per heavy atom. The molecule has 0 aliphatic rings. The average Bonchev–Trinajstić information content (AvgIpc) is 3.06. The largest absolute Gasteiger partial charge is 0.462 e. The van der Waals surface area contributed by atoms with E-state index in [2.05, 4.69) is 5.32 Å². The maximum Gasteiger partial charge on any atom is 0.341 e. The fourth-order valence-electron chi connectivity index (χ4n) is 2.63. The van der Waals surface area contributed by atoms with Gasteiger partial charge in [0, 0.05) is 27.8 Å². The van der Waals surface area contributed by atoms with Crippen molar-refractivity contribution < 1.29 is 19.2 Å². The summed E-state index contributed by atoms with van der Waals surface area (Å²) >= 11 is 1.28. The highest BCUT2D eigenvalue weighted by atomic mass is 32.1. The summed E-state index contributed by atoms with van der Waals surface area (Å²) in [6.45, 7) is 2.32. The van der Waals surface area contributed by atoms with Crippen LogP contribution in [0, 0.1) is 10.1 Å². The number of rotatable bonds is 7. The Labute approximate surface area is 165 Å². The topological polar surface area (TPSA) is 98.5 Å². The average molecular weight is 398 g/mol. The third kappa shape index (κ3) is 4.17. The molecule has 1 N–H and O–H groups in total. The van der Waals surface area contributed by atoms with Crippen LogP contribution in [0.15, 0.2) is 48.5 Å². The van der Waals surface area contributed by atoms with Gasteiger partial charge in [-0.05, 0) is 24.6 Å². The van der Waals surface area contributed by atoms with E-state index < -0.39 is 16.8 Å². The number of carbonyl (C=O) groups excluding carboxylic acids is 2. The maximum atomic E-state index is 12.6. The molecule has 3 rings (SSSR count). The van der Waals surface area contributed by atoms with Gasteiger partial charge in [-0.3, -0.25) is 14.9 Å². The molecule has 1 aromatic heterocycles. The second-order valence-corrected chi connectivity index (χ2v) is 7.10. The molecule has 0 aliphatic carbocycles. The summed E-state index contributed by atoms with van der Waals surface area (Å²) in [6, 6.07) is 12.6. The van der Waals surface area contributed by atoms with E-state index in [0.717, 1.165) is 17.5 Å². The predicted molar refractivity (Wildman–Crippen MR) is 108 cm³/mol. The highest BCUT2D eigenvalue weighted by molar-refractivity contribution is 7.23. The molecule has 0 bridgehead atoms. The number of nitrogens with zero attached hydrogens (tertiary/aromatic N) is 1. The molecule has 144 valence electrons. The lowest BCUT2D eigenvalue weighted by Crippen LogP contribution is -2.14. The number of nitrogens with one attached hydrogen (secondary N) is 1. The second kappa shape index (κ2) is 8.62. The summed E-state index contributed by atoms with van der Waals surface area (Å²) in [5.41, 5.74) is 0.485. The standard InChI is InChI=1S/C20H18N2O5S/c1-2-3-12-27-20(24)17-15-6-4-5-7-16(15)28-19(17)21-18(23)13-8-10-14(11-9-13)22(25)26/h4-11H,2-3,12H2,1H3,(H,21,23). The molecular formula is C20H18N2O5S. The van der Waals surface area contributed by atoms with Crippen LogP contribution in [0.5, 0.6) is 0 Å². The number of benzene rings is 2. The van der Waals surface area contributed by atoms with Gasteiger partial charge in [0.1, 0.15) is 10.6 Å². The highest BCUT2D eigenvalue weighted by Crippen LogP contribution is 2.36. The Hall–Kier alpha value is -3.26. The lowest BCUT2D eigenvalue weighted by molar-refractivity contribution is -0.384. The second-order valence-electron chi connectivity index (χ2n) is 6.05. The molecular weight excluding hydrogens is 380 g/mol. The van der Waals surface area contributed by atoms with Gasteiger partial charge in [-0.15, -0.1) is 11.3 Å². The van der Waals surface area contributed by atoms with Crippen molar-refractivity contribution in [2.24, 2.45) is 0 Å². The number of nitro benzene ring substituents is 1. The van der Waals surface area contributed by atoms with Crippen LogP contribution in [0.4, 0.5) is 10.7 Å². The summed E-state index contributed by atoms with van der Waals surface area (Å²) in [6.07, 6.45) is 1.67. The third-order valence-electron chi connectivity index (χ3n) is 4.10. The molecule has 28 heavy (non-hydrogen) atoms. The summed E-state index contributed by atoms with van der Waals surface area (Å²) < 4.78 is 6.20. The van der Waals surface area contributed by atoms with Crippen LogP contribution >= 0.6 is 11.3 Å². The van der Waals surface area contributed by atoms with Crippen LogP contribution < -0.4 is 5.32 Å². The van der Waals surface area contributed by atoms with E-state index >= 15 is 0 Å². The summed E-state index contributed by atoms with van der Waals surface area (Å²) in [5.74, 6) is -0.936. The van der Waals surface area contributed by atoms with Gasteiger partial charge < -0.3 is 10.1 Å². The molecule has 7 nitrogen and oxygen atoms in total. The number of carbonyl (C=O) groups is 2. The molecule has 0 aliphatic heterocycles. The zero-order valence-electron chi connectivity index (χ0n) is 15.1. The molecule has 0 saturated heterocycles. The Morgan fingerprint density at radius 3 is 2.54 bits per heavy atom. The van der Waals surface area contributed by atoms with Crippen LogP contribution in [-0.2, 0) is 4.74 Å². The SMILES string of the molecule is CCCCOC(=O)c1c(NC(=O)c2ccc([N+](=O)[O-])cc2)sc2ccccc12. The number of nitro groups is 1. The number of thiophene rings is 1. The number of non-ortho nitro benzene ring substituents is 1. The molecule has 0 atom stereocenters. The van der Waals surface area contributed by atoms with Crippen molar-refractivity contribution in [2.75, 3.05) is 11.9 Å². The van der Waals surface area contributed by atoms with Crippen LogP contribution in [0.1, 0.15) is 40.5 Å². The first kappa shape index (κ1) is 19.5. The number of anilines is 1. The molecule has 3 aromatic rings. The highest BCUT2D eigenvalue weighted by Gasteiger charge is 2.22. The number of unbranched alkanes of at least 4 members (excludes halogenated alkanes) is 1. The van der Waals surface area contributed by atoms with Crippen molar-refractivity contribution in [3.8, 4) is 0 Å². The Balaban J connectivity index is 1.89. The van der Waals surface area contributed by atoms with E-state index in [4.69, 9.17) is 4.74 Å². The minimum Gasteiger partial charge on any atom is -0.462 e. The third-order valence-corrected chi connectivity index (χ3v) is 5.18. The Morgan fingerprint density at radius 1 is 1.14 bits per heavy atom. The van der Waals surface area contributed by atoms with E-state index in [1.165, 1.54) is 35.6 Å². The zero-order chi connectivity index (χ0) is 20.1. The van der Waals surface area contributed by atoms with Crippen molar-refractivity contribution in [3.05, 3.63) is 69.8 Å². The number of esters is 1. The van der Waals surface area contributed by atoms with Gasteiger partial charge in [0.15, 0.2) is 0 Å². The quantitative estimate of drug-likeness (QED) is 0.261. The van der Waals surface area contributed by atoms with Crippen molar-refractivity contribution >= 4 is 44.0 Å². The van der Waals surface area contributed by atoms with Gasteiger partial charge >= 0.3 is 5.97 Å². The lowest BCUT2D eigenvalue weighted by Gasteiger charge is -2.07. The first-order valence-corrected chi connectivity index (χ1v) is 9.57. The number of amides is 1. The Kier molecular flexibility index (Phi) is 6.00. The zero-order valence-corrected chi connectivity index (χ0v) is 16.0. The van der Waals surface area contributed by atoms with Crippen molar-refractivity contribution in [2.45, 2.75) is 19.8 Å². The monoisotopic (exact) mass is 398 g/mol. The van der Waals surface area contributed by atoms with E-state index in [1.807, 2.05) is 31.2 Å². The molecule has 0 saturated carbocycles. The summed E-state index contributed by atoms with van der Waals surface area (Å²) in [7, 11) is 0. The van der Waals surface area contributed by atoms with Crippen LogP contribution in [0.2, 0.25) is 0 Å². The maximum absolute atomic E-state index is 12.6. The molecule has 1 heterocycles. The van der Waals surface area contributed by atoms with E-state index in [0.29, 0.717) is 22.6 Å². The number of hydrogen-bond donors (Lipinski definition) is 1. The van der Waals surface area contributed by atoms with E-state index in [9.17, 15) is 19.7 Å². The number of fused-ring (bicyclic) bond motifs is 1. The van der Waals surface area contributed by atoms with E-state index in [1.54, 1.807) is 0 Å². The lowest BCUT2D eigenvalue weighted by atomic mass is 10.1. The fourth-order valence-corrected chi connectivity index (χ4v) is 3.71. The Bertz CT molecular complexity index is 1030. The van der Waals surface area contributed by atoms with Crippen LogP contribution in [0.3, 0.4) is 0 Å². The first-order chi connectivity index (χ1) is 13.5. The number of ether oxygens (including phenoxy) is 1. The van der Waals surface area contributed by atoms with Gasteiger partial charge in [0.05, 0.1) is 11.5 Å². The fraction of sp³-hybridized carbons (Fsp3) is 0.200. The summed E-state index contributed by atoms with van der Waals surface area (Å²) in [5, 5.41) is 14.6. The first-order valence-electron chi connectivity index (χ1n) is 8.75.